The Morgan fingerprint density at radius 3 is 2.17 bits per heavy atom. The highest BCUT2D eigenvalue weighted by Gasteiger charge is 2.04. The predicted octanol–water partition coefficient (Wildman–Crippen LogP) is 3.98. The van der Waals surface area contributed by atoms with Gasteiger partial charge in [0.2, 0.25) is 0 Å². The van der Waals surface area contributed by atoms with E-state index in [1.54, 1.807) is 0 Å². The molecular weight excluding hydrogens is 146 g/mol. The summed E-state index contributed by atoms with van der Waals surface area (Å²) in [4.78, 5) is 0. The van der Waals surface area contributed by atoms with Crippen LogP contribution in [0.25, 0.3) is 5.32 Å². The lowest BCUT2D eigenvalue weighted by Gasteiger charge is -2.37. The third kappa shape index (κ3) is 6.66. The first kappa shape index (κ1) is 12.0. The van der Waals surface area contributed by atoms with E-state index in [1.165, 1.54) is 25.7 Å². The Hall–Kier alpha value is -0.0400. The zero-order valence-corrected chi connectivity index (χ0v) is 9.35. The fraction of sp³-hybridized carbons (Fsp3) is 1.00. The number of unbranched alkanes of at least 4 members (excludes halogenated alkanes) is 1. The molecule has 0 N–H and O–H groups in total. The van der Waals surface area contributed by atoms with Gasteiger partial charge in [0.1, 0.15) is 0 Å². The first-order valence-electron chi connectivity index (χ1n) is 5.09. The van der Waals surface area contributed by atoms with Gasteiger partial charge in [0.05, 0.1) is 0 Å². The molecule has 0 atom stereocenters. The molecule has 0 aromatic carbocycles. The molecule has 0 saturated heterocycles. The molecule has 0 heterocycles. The minimum absolute atomic E-state index is 0.205. The summed E-state index contributed by atoms with van der Waals surface area (Å²) in [6.07, 6.45) is 5.27. The lowest BCUT2D eigenvalue weighted by molar-refractivity contribution is 0.464. The first-order chi connectivity index (χ1) is 5.48. The van der Waals surface area contributed by atoms with Crippen molar-refractivity contribution >= 4 is 0 Å². The maximum absolute atomic E-state index is 4.34. The monoisotopic (exact) mass is 170 g/mol. The van der Waals surface area contributed by atoms with E-state index in [4.69, 9.17) is 0 Å². The first-order valence-corrected chi connectivity index (χ1v) is 5.09. The average molecular weight is 170 g/mol. The number of nitrogens with zero attached hydrogens (tertiary/aromatic N) is 1. The third-order valence-corrected chi connectivity index (χ3v) is 2.43. The highest BCUT2D eigenvalue weighted by molar-refractivity contribution is 4.95. The molecule has 0 bridgehead atoms. The second kappa shape index (κ2) is 5.58. The van der Waals surface area contributed by atoms with Gasteiger partial charge in [-0.05, 0) is 5.92 Å². The summed E-state index contributed by atoms with van der Waals surface area (Å²) in [5.74, 6) is 0.853. The predicted molar refractivity (Wildman–Crippen MR) is 56.7 cm³/mol. The van der Waals surface area contributed by atoms with Crippen molar-refractivity contribution < 1.29 is 0 Å². The summed E-state index contributed by atoms with van der Waals surface area (Å²) < 4.78 is 0. The van der Waals surface area contributed by atoms with Crippen molar-refractivity contribution in [2.75, 3.05) is 7.05 Å². The Morgan fingerprint density at radius 2 is 1.75 bits per heavy atom. The zero-order valence-electron chi connectivity index (χ0n) is 9.35. The second-order valence-corrected chi connectivity index (χ2v) is 4.68. The van der Waals surface area contributed by atoms with Crippen LogP contribution in [0.5, 0.6) is 0 Å². The van der Waals surface area contributed by atoms with Crippen LogP contribution in [0, 0.1) is 5.92 Å². The summed E-state index contributed by atoms with van der Waals surface area (Å²) in [5.41, 5.74) is 0.205. The molecule has 1 heteroatoms. The Labute approximate surface area is 77.9 Å². The Morgan fingerprint density at radius 1 is 1.17 bits per heavy atom. The molecule has 0 aliphatic carbocycles. The van der Waals surface area contributed by atoms with Gasteiger partial charge >= 0.3 is 0 Å². The van der Waals surface area contributed by atoms with Gasteiger partial charge in [-0.15, -0.1) is 5.54 Å². The van der Waals surface area contributed by atoms with E-state index in [1.807, 2.05) is 7.05 Å². The normalized spacial score (nSPS) is 12.5. The average Bonchev–Trinajstić information content (AvgIpc) is 1.98. The molecule has 0 fully saturated rings. The molecule has 0 aliphatic heterocycles. The van der Waals surface area contributed by atoms with Crippen LogP contribution < -0.4 is 0 Å². The molecule has 0 aromatic rings. The Kier molecular flexibility index (Phi) is 5.56. The Balaban J connectivity index is 3.31. The van der Waals surface area contributed by atoms with Gasteiger partial charge < -0.3 is 5.32 Å². The lowest BCUT2D eigenvalue weighted by atomic mass is 9.95. The number of hydrogen-bond acceptors (Lipinski definition) is 0. The van der Waals surface area contributed by atoms with E-state index in [9.17, 15) is 0 Å². The van der Waals surface area contributed by atoms with Crippen LogP contribution in [0.4, 0.5) is 0 Å². The molecule has 74 valence electrons. The van der Waals surface area contributed by atoms with Gasteiger partial charge in [-0.3, -0.25) is 0 Å². The van der Waals surface area contributed by atoms with Gasteiger partial charge in [0.15, 0.2) is 0 Å². The second-order valence-electron chi connectivity index (χ2n) is 4.68. The molecule has 0 unspecified atom stereocenters. The third-order valence-electron chi connectivity index (χ3n) is 2.43. The quantitative estimate of drug-likeness (QED) is 0.535. The molecule has 12 heavy (non-hydrogen) atoms. The van der Waals surface area contributed by atoms with E-state index in [-0.39, 0.29) is 5.54 Å². The number of rotatable bonds is 6. The van der Waals surface area contributed by atoms with Gasteiger partial charge in [0.25, 0.3) is 0 Å². The van der Waals surface area contributed by atoms with Crippen LogP contribution in [-0.2, 0) is 0 Å². The van der Waals surface area contributed by atoms with Crippen LogP contribution >= 0.6 is 0 Å². The van der Waals surface area contributed by atoms with Crippen LogP contribution in [0.3, 0.4) is 0 Å². The van der Waals surface area contributed by atoms with Crippen molar-refractivity contribution in [1.82, 2.24) is 0 Å². The molecule has 0 rings (SSSR count). The minimum atomic E-state index is 0.205. The molecule has 1 nitrogen and oxygen atoms in total. The van der Waals surface area contributed by atoms with Gasteiger partial charge in [-0.1, -0.05) is 53.4 Å². The molecule has 0 radical (unpaired) electrons. The topological polar surface area (TPSA) is 14.1 Å². The fourth-order valence-electron chi connectivity index (χ4n) is 1.22. The molecule has 0 spiro atoms. The van der Waals surface area contributed by atoms with Crippen molar-refractivity contribution in [3.8, 4) is 0 Å². The lowest BCUT2D eigenvalue weighted by Crippen LogP contribution is -2.16. The summed E-state index contributed by atoms with van der Waals surface area (Å²) in [7, 11) is 1.92. The molecule has 0 saturated carbocycles. The van der Waals surface area contributed by atoms with E-state index >= 15 is 0 Å². The van der Waals surface area contributed by atoms with Crippen LogP contribution in [-0.4, -0.2) is 12.6 Å². The molecular formula is C11H24N-. The van der Waals surface area contributed by atoms with Crippen molar-refractivity contribution in [3.63, 3.8) is 0 Å². The highest BCUT2D eigenvalue weighted by Crippen LogP contribution is 2.21. The highest BCUT2D eigenvalue weighted by atomic mass is 14.9. The van der Waals surface area contributed by atoms with Crippen LogP contribution in [0.2, 0.25) is 0 Å². The number of hydrogen-bond donors (Lipinski definition) is 0. The van der Waals surface area contributed by atoms with Crippen molar-refractivity contribution in [3.05, 3.63) is 5.32 Å². The Bertz CT molecular complexity index is 106. The van der Waals surface area contributed by atoms with E-state index < -0.39 is 0 Å². The van der Waals surface area contributed by atoms with Crippen molar-refractivity contribution in [2.24, 2.45) is 5.92 Å². The smallest absolute Gasteiger partial charge is 0.0471 e. The van der Waals surface area contributed by atoms with E-state index in [0.717, 1.165) is 5.92 Å². The van der Waals surface area contributed by atoms with E-state index in [0.29, 0.717) is 0 Å². The largest absolute Gasteiger partial charge is 0.660 e. The summed E-state index contributed by atoms with van der Waals surface area (Å²) in [6.45, 7) is 9.00. The van der Waals surface area contributed by atoms with Crippen molar-refractivity contribution in [2.45, 2.75) is 58.9 Å². The molecule has 0 amide bonds. The van der Waals surface area contributed by atoms with Gasteiger partial charge in [0, 0.05) is 0 Å². The SMILES string of the molecule is C[N-]C(C)(C)CCCCC(C)C. The van der Waals surface area contributed by atoms with Crippen LogP contribution in [0.1, 0.15) is 53.4 Å². The van der Waals surface area contributed by atoms with Crippen LogP contribution in [0.15, 0.2) is 0 Å². The fourth-order valence-corrected chi connectivity index (χ4v) is 1.22. The summed E-state index contributed by atoms with van der Waals surface area (Å²) in [5, 5.41) is 4.34. The molecule has 0 aromatic heterocycles. The standard InChI is InChI=1S/C11H24N/c1-10(2)8-6-7-9-11(3,4)12-5/h10H,6-9H2,1-5H3/q-1. The zero-order chi connectivity index (χ0) is 9.61. The summed E-state index contributed by atoms with van der Waals surface area (Å²) >= 11 is 0. The van der Waals surface area contributed by atoms with Crippen molar-refractivity contribution in [1.29, 1.82) is 0 Å². The van der Waals surface area contributed by atoms with E-state index in [2.05, 4.69) is 33.0 Å². The maximum Gasteiger partial charge on any atom is -0.0471 e. The van der Waals surface area contributed by atoms with Gasteiger partial charge in [-0.25, -0.2) is 0 Å². The summed E-state index contributed by atoms with van der Waals surface area (Å²) in [6, 6.07) is 0. The maximum atomic E-state index is 4.34. The minimum Gasteiger partial charge on any atom is -0.660 e. The van der Waals surface area contributed by atoms with Gasteiger partial charge in [-0.2, -0.15) is 7.05 Å². The molecule has 0 aliphatic rings.